The van der Waals surface area contributed by atoms with Gasteiger partial charge in [-0.15, -0.1) is 0 Å². The van der Waals surface area contributed by atoms with Crippen molar-refractivity contribution in [1.29, 1.82) is 0 Å². The Bertz CT molecular complexity index is 476. The first kappa shape index (κ1) is 14.1. The van der Waals surface area contributed by atoms with E-state index in [-0.39, 0.29) is 5.91 Å². The summed E-state index contributed by atoms with van der Waals surface area (Å²) in [6.07, 6.45) is 1.08. The number of rotatable bonds is 2. The second-order valence-corrected chi connectivity index (χ2v) is 5.88. The van der Waals surface area contributed by atoms with E-state index in [0.29, 0.717) is 11.6 Å². The average Bonchev–Trinajstić information content (AvgIpc) is 2.57. The average molecular weight is 264 g/mol. The maximum atomic E-state index is 12.3. The third kappa shape index (κ3) is 2.66. The van der Waals surface area contributed by atoms with Gasteiger partial charge in [-0.3, -0.25) is 9.48 Å². The fourth-order valence-electron chi connectivity index (χ4n) is 2.66. The quantitative estimate of drug-likeness (QED) is 0.813. The van der Waals surface area contributed by atoms with Gasteiger partial charge in [0.1, 0.15) is 0 Å². The molecule has 0 atom stereocenters. The van der Waals surface area contributed by atoms with Gasteiger partial charge in [0.25, 0.3) is 5.91 Å². The molecule has 19 heavy (non-hydrogen) atoms. The monoisotopic (exact) mass is 264 g/mol. The van der Waals surface area contributed by atoms with Gasteiger partial charge in [-0.05, 0) is 19.4 Å². The molecule has 0 unspecified atom stereocenters. The Morgan fingerprint density at radius 3 is 2.58 bits per heavy atom. The summed E-state index contributed by atoms with van der Waals surface area (Å²) >= 11 is 0. The predicted octanol–water partition coefficient (Wildman–Crippen LogP) is 1.54. The van der Waals surface area contributed by atoms with Crippen molar-refractivity contribution in [3.63, 3.8) is 0 Å². The molecule has 1 amide bonds. The van der Waals surface area contributed by atoms with E-state index in [2.05, 4.69) is 30.9 Å². The molecule has 0 saturated heterocycles. The lowest BCUT2D eigenvalue weighted by Crippen LogP contribution is -2.24. The lowest BCUT2D eigenvalue weighted by atomic mass is 9.99. The first-order chi connectivity index (χ1) is 8.91. The number of carbonyl (C=O) groups is 1. The van der Waals surface area contributed by atoms with Crippen LogP contribution < -0.4 is 0 Å². The largest absolute Gasteiger partial charge is 0.343 e. The van der Waals surface area contributed by atoms with Gasteiger partial charge in [-0.2, -0.15) is 5.10 Å². The zero-order chi connectivity index (χ0) is 14.2. The number of fused-ring (bicyclic) bond motifs is 1. The number of amides is 1. The highest BCUT2D eigenvalue weighted by Crippen LogP contribution is 2.27. The molecule has 0 fully saturated rings. The number of aryl methyl sites for hydroxylation is 1. The summed E-state index contributed by atoms with van der Waals surface area (Å²) in [6.45, 7) is 7.13. The molecule has 0 saturated carbocycles. The molecule has 0 radical (unpaired) electrons. The van der Waals surface area contributed by atoms with Crippen LogP contribution in [-0.2, 0) is 13.1 Å². The minimum Gasteiger partial charge on any atom is -0.343 e. The standard InChI is InChI=1S/C14H24N4O/c1-10(2)12-11-9-17(5)7-6-8-18(11)15-13(12)14(19)16(3)4/h10H,6-9H2,1-5H3. The fourth-order valence-corrected chi connectivity index (χ4v) is 2.66. The maximum absolute atomic E-state index is 12.3. The molecule has 0 aromatic carbocycles. The zero-order valence-electron chi connectivity index (χ0n) is 12.6. The van der Waals surface area contributed by atoms with E-state index in [9.17, 15) is 4.79 Å². The summed E-state index contributed by atoms with van der Waals surface area (Å²) in [4.78, 5) is 16.2. The lowest BCUT2D eigenvalue weighted by Gasteiger charge is -2.16. The second-order valence-electron chi connectivity index (χ2n) is 5.88. The molecule has 106 valence electrons. The van der Waals surface area contributed by atoms with Gasteiger partial charge < -0.3 is 9.80 Å². The molecular formula is C14H24N4O. The van der Waals surface area contributed by atoms with Gasteiger partial charge in [-0.1, -0.05) is 13.8 Å². The van der Waals surface area contributed by atoms with Crippen LogP contribution in [0.2, 0.25) is 0 Å². The van der Waals surface area contributed by atoms with Crippen LogP contribution >= 0.6 is 0 Å². The van der Waals surface area contributed by atoms with Crippen molar-refractivity contribution in [3.8, 4) is 0 Å². The Balaban J connectivity index is 2.52. The smallest absolute Gasteiger partial charge is 0.274 e. The number of hydrogen-bond donors (Lipinski definition) is 0. The molecule has 5 nitrogen and oxygen atoms in total. The Hall–Kier alpha value is -1.36. The molecule has 1 aliphatic heterocycles. The SMILES string of the molecule is CC(C)c1c(C(=O)N(C)C)nn2c1CN(C)CCC2. The van der Waals surface area contributed by atoms with Crippen molar-refractivity contribution in [2.45, 2.75) is 39.3 Å². The Morgan fingerprint density at radius 1 is 1.32 bits per heavy atom. The van der Waals surface area contributed by atoms with Crippen LogP contribution in [0, 0.1) is 0 Å². The summed E-state index contributed by atoms with van der Waals surface area (Å²) < 4.78 is 2.04. The van der Waals surface area contributed by atoms with Crippen molar-refractivity contribution >= 4 is 5.91 Å². The third-order valence-electron chi connectivity index (χ3n) is 3.61. The van der Waals surface area contributed by atoms with Crippen molar-refractivity contribution in [1.82, 2.24) is 19.6 Å². The van der Waals surface area contributed by atoms with Gasteiger partial charge in [-0.25, -0.2) is 0 Å². The number of carbonyl (C=O) groups excluding carboxylic acids is 1. The van der Waals surface area contributed by atoms with E-state index in [4.69, 9.17) is 0 Å². The molecule has 1 aliphatic rings. The van der Waals surface area contributed by atoms with Gasteiger partial charge in [0.2, 0.25) is 0 Å². The Morgan fingerprint density at radius 2 is 2.00 bits per heavy atom. The van der Waals surface area contributed by atoms with E-state index in [1.54, 1.807) is 19.0 Å². The maximum Gasteiger partial charge on any atom is 0.274 e. The van der Waals surface area contributed by atoms with Gasteiger partial charge >= 0.3 is 0 Å². The van der Waals surface area contributed by atoms with E-state index in [1.165, 1.54) is 5.69 Å². The molecule has 1 aromatic rings. The van der Waals surface area contributed by atoms with E-state index in [1.807, 2.05) is 4.68 Å². The zero-order valence-corrected chi connectivity index (χ0v) is 12.6. The highest BCUT2D eigenvalue weighted by molar-refractivity contribution is 5.93. The van der Waals surface area contributed by atoms with Crippen molar-refractivity contribution in [3.05, 3.63) is 17.0 Å². The molecular weight excluding hydrogens is 240 g/mol. The summed E-state index contributed by atoms with van der Waals surface area (Å²) in [7, 11) is 5.69. The topological polar surface area (TPSA) is 41.4 Å². The summed E-state index contributed by atoms with van der Waals surface area (Å²) in [5, 5.41) is 4.59. The summed E-state index contributed by atoms with van der Waals surface area (Å²) in [5.74, 6) is 0.320. The van der Waals surface area contributed by atoms with Gasteiger partial charge in [0.15, 0.2) is 5.69 Å². The van der Waals surface area contributed by atoms with Crippen molar-refractivity contribution in [2.24, 2.45) is 0 Å². The molecule has 1 aromatic heterocycles. The van der Waals surface area contributed by atoms with Crippen LogP contribution in [0.15, 0.2) is 0 Å². The normalized spacial score (nSPS) is 16.3. The third-order valence-corrected chi connectivity index (χ3v) is 3.61. The number of nitrogens with zero attached hydrogens (tertiary/aromatic N) is 4. The van der Waals surface area contributed by atoms with E-state index >= 15 is 0 Å². The minimum atomic E-state index is 0.00641. The van der Waals surface area contributed by atoms with Gasteiger partial charge in [0.05, 0.1) is 5.69 Å². The van der Waals surface area contributed by atoms with Crippen LogP contribution in [0.3, 0.4) is 0 Å². The Labute approximate surface area is 115 Å². The summed E-state index contributed by atoms with van der Waals surface area (Å²) in [6, 6.07) is 0. The fraction of sp³-hybridized carbons (Fsp3) is 0.714. The first-order valence-electron chi connectivity index (χ1n) is 6.91. The first-order valence-corrected chi connectivity index (χ1v) is 6.91. The van der Waals surface area contributed by atoms with Gasteiger partial charge in [0, 0.05) is 39.3 Å². The lowest BCUT2D eigenvalue weighted by molar-refractivity contribution is 0.0819. The highest BCUT2D eigenvalue weighted by Gasteiger charge is 2.27. The van der Waals surface area contributed by atoms with E-state index in [0.717, 1.165) is 31.6 Å². The van der Waals surface area contributed by atoms with Crippen LogP contribution in [0.1, 0.15) is 47.9 Å². The van der Waals surface area contributed by atoms with Crippen LogP contribution in [0.5, 0.6) is 0 Å². The highest BCUT2D eigenvalue weighted by atomic mass is 16.2. The number of aromatic nitrogens is 2. The second kappa shape index (κ2) is 5.33. The minimum absolute atomic E-state index is 0.00641. The molecule has 0 spiro atoms. The molecule has 5 heteroatoms. The van der Waals surface area contributed by atoms with Crippen LogP contribution in [0.25, 0.3) is 0 Å². The summed E-state index contributed by atoms with van der Waals surface area (Å²) in [5.41, 5.74) is 2.96. The molecule has 0 bridgehead atoms. The van der Waals surface area contributed by atoms with Crippen LogP contribution in [-0.4, -0.2) is 53.2 Å². The molecule has 0 aliphatic carbocycles. The van der Waals surface area contributed by atoms with Crippen molar-refractivity contribution < 1.29 is 4.79 Å². The Kier molecular flexibility index (Phi) is 3.94. The van der Waals surface area contributed by atoms with E-state index < -0.39 is 0 Å². The number of hydrogen-bond acceptors (Lipinski definition) is 3. The molecule has 2 rings (SSSR count). The molecule has 0 N–H and O–H groups in total. The van der Waals surface area contributed by atoms with Crippen molar-refractivity contribution in [2.75, 3.05) is 27.7 Å². The molecule has 2 heterocycles. The predicted molar refractivity (Wildman–Crippen MR) is 75.3 cm³/mol. The van der Waals surface area contributed by atoms with Crippen LogP contribution in [0.4, 0.5) is 0 Å².